The molecule has 0 bridgehead atoms. The molecule has 80 valence electrons. The average molecular weight is 205 g/mol. The maximum absolute atomic E-state index is 5.55. The molecule has 0 fully saturated rings. The van der Waals surface area contributed by atoms with Crippen molar-refractivity contribution in [3.63, 3.8) is 0 Å². The largest absolute Gasteiger partial charge is 0.494 e. The van der Waals surface area contributed by atoms with Crippen LogP contribution in [0, 0.1) is 0 Å². The molecule has 2 N–H and O–H groups in total. The van der Waals surface area contributed by atoms with Gasteiger partial charge in [0.15, 0.2) is 0 Å². The molecule has 2 aromatic rings. The summed E-state index contributed by atoms with van der Waals surface area (Å²) < 4.78 is 7.15. The first-order valence-electron chi connectivity index (χ1n) is 4.96. The first-order valence-corrected chi connectivity index (χ1v) is 4.96. The molecule has 4 heteroatoms. The highest BCUT2D eigenvalue weighted by Gasteiger charge is 2.11. The zero-order valence-corrected chi connectivity index (χ0v) is 9.03. The lowest BCUT2D eigenvalue weighted by molar-refractivity contribution is 0.417. The van der Waals surface area contributed by atoms with Gasteiger partial charge in [-0.3, -0.25) is 4.68 Å². The summed E-state index contributed by atoms with van der Waals surface area (Å²) in [7, 11) is 3.59. The van der Waals surface area contributed by atoms with E-state index >= 15 is 0 Å². The van der Waals surface area contributed by atoms with Gasteiger partial charge in [-0.05, 0) is 12.6 Å². The number of para-hydroxylation sites is 1. The quantitative estimate of drug-likeness (QED) is 0.815. The third-order valence-corrected chi connectivity index (χ3v) is 2.51. The zero-order valence-electron chi connectivity index (χ0n) is 9.03. The second-order valence-electron chi connectivity index (χ2n) is 3.47. The summed E-state index contributed by atoms with van der Waals surface area (Å²) in [6.07, 6.45) is 0.796. The summed E-state index contributed by atoms with van der Waals surface area (Å²) in [6, 6.07) is 5.97. The molecule has 0 amide bonds. The van der Waals surface area contributed by atoms with E-state index in [0.717, 1.165) is 28.8 Å². The standard InChI is InChI=1S/C11H15N3O/c1-14-11-8(9(13-14)6-7-12)4-3-5-10(11)15-2/h3-5H,6-7,12H2,1-2H3. The highest BCUT2D eigenvalue weighted by atomic mass is 16.5. The number of aromatic nitrogens is 2. The van der Waals surface area contributed by atoms with Gasteiger partial charge in [-0.25, -0.2) is 0 Å². The topological polar surface area (TPSA) is 53.1 Å². The maximum Gasteiger partial charge on any atom is 0.144 e. The summed E-state index contributed by atoms with van der Waals surface area (Å²) >= 11 is 0. The van der Waals surface area contributed by atoms with Crippen LogP contribution in [-0.2, 0) is 13.5 Å². The highest BCUT2D eigenvalue weighted by Crippen LogP contribution is 2.27. The van der Waals surface area contributed by atoms with Crippen molar-refractivity contribution in [3.8, 4) is 5.75 Å². The number of methoxy groups -OCH3 is 1. The summed E-state index contributed by atoms with van der Waals surface area (Å²) in [5.41, 5.74) is 7.62. The highest BCUT2D eigenvalue weighted by molar-refractivity contribution is 5.87. The number of rotatable bonds is 3. The lowest BCUT2D eigenvalue weighted by Gasteiger charge is -2.02. The van der Waals surface area contributed by atoms with Gasteiger partial charge in [-0.15, -0.1) is 0 Å². The SMILES string of the molecule is COc1cccc2c(CCN)nn(C)c12. The molecule has 0 aliphatic heterocycles. The van der Waals surface area contributed by atoms with E-state index in [1.54, 1.807) is 7.11 Å². The average Bonchev–Trinajstić information content (AvgIpc) is 2.57. The second-order valence-corrected chi connectivity index (χ2v) is 3.47. The van der Waals surface area contributed by atoms with Crippen molar-refractivity contribution in [1.82, 2.24) is 9.78 Å². The third-order valence-electron chi connectivity index (χ3n) is 2.51. The van der Waals surface area contributed by atoms with Gasteiger partial charge in [0.2, 0.25) is 0 Å². The van der Waals surface area contributed by atoms with Crippen molar-refractivity contribution >= 4 is 10.9 Å². The minimum absolute atomic E-state index is 0.614. The van der Waals surface area contributed by atoms with Crippen molar-refractivity contribution in [3.05, 3.63) is 23.9 Å². The lowest BCUT2D eigenvalue weighted by atomic mass is 10.1. The Morgan fingerprint density at radius 2 is 2.27 bits per heavy atom. The maximum atomic E-state index is 5.55. The van der Waals surface area contributed by atoms with E-state index in [9.17, 15) is 0 Å². The fourth-order valence-electron chi connectivity index (χ4n) is 1.86. The number of hydrogen-bond acceptors (Lipinski definition) is 3. The summed E-state index contributed by atoms with van der Waals surface area (Å²) in [5.74, 6) is 0.853. The predicted molar refractivity (Wildman–Crippen MR) is 60.0 cm³/mol. The number of hydrogen-bond donors (Lipinski definition) is 1. The van der Waals surface area contributed by atoms with Crippen LogP contribution in [0.15, 0.2) is 18.2 Å². The van der Waals surface area contributed by atoms with Crippen molar-refractivity contribution in [2.75, 3.05) is 13.7 Å². The van der Waals surface area contributed by atoms with Crippen molar-refractivity contribution in [2.24, 2.45) is 12.8 Å². The van der Waals surface area contributed by atoms with Crippen molar-refractivity contribution in [2.45, 2.75) is 6.42 Å². The number of nitrogens with zero attached hydrogens (tertiary/aromatic N) is 2. The molecule has 4 nitrogen and oxygen atoms in total. The Morgan fingerprint density at radius 1 is 1.47 bits per heavy atom. The van der Waals surface area contributed by atoms with Gasteiger partial charge in [0.1, 0.15) is 11.3 Å². The Balaban J connectivity index is 2.68. The zero-order chi connectivity index (χ0) is 10.8. The van der Waals surface area contributed by atoms with Crippen molar-refractivity contribution in [1.29, 1.82) is 0 Å². The van der Waals surface area contributed by atoms with Crippen LogP contribution in [0.3, 0.4) is 0 Å². The van der Waals surface area contributed by atoms with E-state index < -0.39 is 0 Å². The van der Waals surface area contributed by atoms with Gasteiger partial charge in [0.25, 0.3) is 0 Å². The normalized spacial score (nSPS) is 10.9. The van der Waals surface area contributed by atoms with Crippen LogP contribution in [-0.4, -0.2) is 23.4 Å². The van der Waals surface area contributed by atoms with E-state index in [0.29, 0.717) is 6.54 Å². The van der Waals surface area contributed by atoms with Crippen LogP contribution < -0.4 is 10.5 Å². The molecule has 0 aliphatic rings. The summed E-state index contributed by atoms with van der Waals surface area (Å²) in [5, 5.41) is 5.57. The Kier molecular flexibility index (Phi) is 2.60. The van der Waals surface area contributed by atoms with Crippen LogP contribution in [0.2, 0.25) is 0 Å². The molecule has 0 saturated heterocycles. The van der Waals surface area contributed by atoms with E-state index in [1.165, 1.54) is 0 Å². The van der Waals surface area contributed by atoms with E-state index in [2.05, 4.69) is 11.2 Å². The van der Waals surface area contributed by atoms with Crippen molar-refractivity contribution < 1.29 is 4.74 Å². The van der Waals surface area contributed by atoms with Gasteiger partial charge in [-0.2, -0.15) is 5.10 Å². The first-order chi connectivity index (χ1) is 7.27. The molecule has 15 heavy (non-hydrogen) atoms. The molecule has 0 unspecified atom stereocenters. The summed E-state index contributed by atoms with van der Waals surface area (Å²) in [6.45, 7) is 0.614. The molecule has 0 aliphatic carbocycles. The second kappa shape index (κ2) is 3.90. The fourth-order valence-corrected chi connectivity index (χ4v) is 1.86. The van der Waals surface area contributed by atoms with Gasteiger partial charge in [0, 0.05) is 18.9 Å². The Morgan fingerprint density at radius 3 is 2.93 bits per heavy atom. The molecule has 1 aromatic heterocycles. The number of nitrogens with two attached hydrogens (primary N) is 1. The minimum atomic E-state index is 0.614. The lowest BCUT2D eigenvalue weighted by Crippen LogP contribution is -2.03. The van der Waals surface area contributed by atoms with Crippen LogP contribution in [0.25, 0.3) is 10.9 Å². The van der Waals surface area contributed by atoms with Crippen LogP contribution in [0.5, 0.6) is 5.75 Å². The number of ether oxygens (including phenoxy) is 1. The molecule has 1 aromatic carbocycles. The molecule has 1 heterocycles. The molecule has 0 spiro atoms. The Labute approximate surface area is 88.6 Å². The molecular weight excluding hydrogens is 190 g/mol. The predicted octanol–water partition coefficient (Wildman–Crippen LogP) is 1.08. The number of benzene rings is 1. The molecule has 0 radical (unpaired) electrons. The van der Waals surface area contributed by atoms with Gasteiger partial charge >= 0.3 is 0 Å². The van der Waals surface area contributed by atoms with E-state index in [1.807, 2.05) is 23.9 Å². The van der Waals surface area contributed by atoms with Gasteiger partial charge in [-0.1, -0.05) is 12.1 Å². The molecule has 0 saturated carbocycles. The molecule has 2 rings (SSSR count). The smallest absolute Gasteiger partial charge is 0.144 e. The Hall–Kier alpha value is -1.55. The van der Waals surface area contributed by atoms with E-state index in [-0.39, 0.29) is 0 Å². The fraction of sp³-hybridized carbons (Fsp3) is 0.364. The Bertz CT molecular complexity index is 476. The number of aryl methyl sites for hydroxylation is 1. The van der Waals surface area contributed by atoms with Crippen LogP contribution in [0.4, 0.5) is 0 Å². The molecular formula is C11H15N3O. The van der Waals surface area contributed by atoms with Gasteiger partial charge in [0.05, 0.1) is 12.8 Å². The van der Waals surface area contributed by atoms with Crippen LogP contribution in [0.1, 0.15) is 5.69 Å². The van der Waals surface area contributed by atoms with Gasteiger partial charge < -0.3 is 10.5 Å². The van der Waals surface area contributed by atoms with E-state index in [4.69, 9.17) is 10.5 Å². The number of fused-ring (bicyclic) bond motifs is 1. The monoisotopic (exact) mass is 205 g/mol. The first kappa shape index (κ1) is 9.98. The minimum Gasteiger partial charge on any atom is -0.494 e. The van der Waals surface area contributed by atoms with Crippen LogP contribution >= 0.6 is 0 Å². The molecule has 0 atom stereocenters. The summed E-state index contributed by atoms with van der Waals surface area (Å²) in [4.78, 5) is 0. The third kappa shape index (κ3) is 1.57.